The minimum absolute atomic E-state index is 0.263. The van der Waals surface area contributed by atoms with Crippen LogP contribution in [0.25, 0.3) is 10.2 Å². The van der Waals surface area contributed by atoms with Crippen LogP contribution in [0.15, 0.2) is 48.8 Å². The molecule has 0 bridgehead atoms. The van der Waals surface area contributed by atoms with Crippen molar-refractivity contribution in [3.8, 4) is 11.5 Å². The largest absolute Gasteiger partial charge is 0.492 e. The molecule has 0 aliphatic carbocycles. The third kappa shape index (κ3) is 5.08. The van der Waals surface area contributed by atoms with Gasteiger partial charge in [-0.15, -0.1) is 11.3 Å². The lowest BCUT2D eigenvalue weighted by molar-refractivity contribution is 0.0605. The minimum Gasteiger partial charge on any atom is -0.492 e. The van der Waals surface area contributed by atoms with E-state index in [-0.39, 0.29) is 5.91 Å². The summed E-state index contributed by atoms with van der Waals surface area (Å²) < 4.78 is 16.6. The molecule has 0 saturated carbocycles. The van der Waals surface area contributed by atoms with E-state index in [9.17, 15) is 9.59 Å². The van der Waals surface area contributed by atoms with Crippen molar-refractivity contribution in [2.24, 2.45) is 0 Å². The third-order valence-electron chi connectivity index (χ3n) is 5.32. The van der Waals surface area contributed by atoms with Crippen LogP contribution >= 0.6 is 11.3 Å². The molecule has 0 spiro atoms. The van der Waals surface area contributed by atoms with E-state index in [1.807, 2.05) is 26.8 Å². The van der Waals surface area contributed by atoms with Gasteiger partial charge in [-0.05, 0) is 38.5 Å². The van der Waals surface area contributed by atoms with E-state index >= 15 is 0 Å². The topological polar surface area (TPSA) is 112 Å². The first kappa shape index (κ1) is 24.9. The van der Waals surface area contributed by atoms with Gasteiger partial charge in [-0.2, -0.15) is 0 Å². The molecule has 36 heavy (non-hydrogen) atoms. The Morgan fingerprint density at radius 1 is 0.972 bits per heavy atom. The highest BCUT2D eigenvalue weighted by molar-refractivity contribution is 7.20. The highest BCUT2D eigenvalue weighted by Gasteiger charge is 2.21. The van der Waals surface area contributed by atoms with Crippen molar-refractivity contribution >= 4 is 50.6 Å². The van der Waals surface area contributed by atoms with E-state index in [1.54, 1.807) is 36.4 Å². The molecule has 9 nitrogen and oxygen atoms in total. The zero-order valence-electron chi connectivity index (χ0n) is 20.4. The third-order valence-corrected chi connectivity index (χ3v) is 6.50. The summed E-state index contributed by atoms with van der Waals surface area (Å²) in [5, 5.41) is 6.94. The van der Waals surface area contributed by atoms with Gasteiger partial charge in [0.2, 0.25) is 0 Å². The quantitative estimate of drug-likeness (QED) is 0.283. The predicted octanol–water partition coefficient (Wildman–Crippen LogP) is 5.58. The number of rotatable bonds is 9. The number of hydrogen-bond acceptors (Lipinski definition) is 9. The molecule has 2 aromatic carbocycles. The second-order valence-electron chi connectivity index (χ2n) is 7.61. The first-order chi connectivity index (χ1) is 17.5. The number of nitrogens with one attached hydrogen (secondary N) is 2. The molecular weight excluding hydrogens is 480 g/mol. The minimum atomic E-state index is -0.423. The summed E-state index contributed by atoms with van der Waals surface area (Å²) in [7, 11) is 1.35. The van der Waals surface area contributed by atoms with Crippen LogP contribution in [0.1, 0.15) is 39.4 Å². The fraction of sp³-hybridized carbons (Fsp3) is 0.231. The van der Waals surface area contributed by atoms with Gasteiger partial charge in [0.25, 0.3) is 5.91 Å². The number of methoxy groups -OCH3 is 1. The maximum Gasteiger partial charge on any atom is 0.348 e. The van der Waals surface area contributed by atoms with Crippen LogP contribution in [0.3, 0.4) is 0 Å². The first-order valence-corrected chi connectivity index (χ1v) is 12.2. The Hall–Kier alpha value is -4.18. The van der Waals surface area contributed by atoms with Crippen molar-refractivity contribution in [1.29, 1.82) is 0 Å². The Morgan fingerprint density at radius 2 is 1.64 bits per heavy atom. The summed E-state index contributed by atoms with van der Waals surface area (Å²) in [6, 6.07) is 12.4. The van der Waals surface area contributed by atoms with Crippen LogP contribution in [0.5, 0.6) is 11.5 Å². The van der Waals surface area contributed by atoms with E-state index in [0.29, 0.717) is 62.6 Å². The number of thiophene rings is 1. The van der Waals surface area contributed by atoms with Gasteiger partial charge in [0.15, 0.2) is 0 Å². The lowest BCUT2D eigenvalue weighted by Crippen LogP contribution is -2.13. The highest BCUT2D eigenvalue weighted by Crippen LogP contribution is 2.41. The van der Waals surface area contributed by atoms with Gasteiger partial charge in [0.1, 0.15) is 33.4 Å². The van der Waals surface area contributed by atoms with Gasteiger partial charge in [0.05, 0.1) is 37.1 Å². The van der Waals surface area contributed by atoms with Gasteiger partial charge < -0.3 is 24.8 Å². The van der Waals surface area contributed by atoms with Crippen molar-refractivity contribution in [3.05, 3.63) is 64.8 Å². The number of fused-ring (bicyclic) bond motifs is 1. The number of esters is 1. The summed E-state index contributed by atoms with van der Waals surface area (Å²) >= 11 is 1.25. The molecule has 0 aliphatic heterocycles. The normalized spacial score (nSPS) is 10.7. The molecule has 4 aromatic rings. The number of benzene rings is 2. The molecule has 186 valence electrons. The van der Waals surface area contributed by atoms with Crippen LogP contribution in [-0.4, -0.2) is 42.2 Å². The highest BCUT2D eigenvalue weighted by atomic mass is 32.1. The molecule has 2 aromatic heterocycles. The average molecular weight is 507 g/mol. The van der Waals surface area contributed by atoms with Crippen molar-refractivity contribution in [1.82, 2.24) is 9.97 Å². The SMILES string of the molecule is CCOc1cc(Nc2ncnc3sc(C(=O)OC)c(C)c23)c(OCC)cc1NC(=O)c1ccccc1. The van der Waals surface area contributed by atoms with Crippen molar-refractivity contribution < 1.29 is 23.8 Å². The predicted molar refractivity (Wildman–Crippen MR) is 140 cm³/mol. The number of anilines is 3. The van der Waals surface area contributed by atoms with Gasteiger partial charge in [0, 0.05) is 17.7 Å². The van der Waals surface area contributed by atoms with Crippen molar-refractivity contribution in [3.63, 3.8) is 0 Å². The van der Waals surface area contributed by atoms with E-state index in [4.69, 9.17) is 14.2 Å². The number of ether oxygens (including phenoxy) is 3. The van der Waals surface area contributed by atoms with Gasteiger partial charge >= 0.3 is 5.97 Å². The molecule has 0 saturated heterocycles. The first-order valence-electron chi connectivity index (χ1n) is 11.4. The number of nitrogens with zero attached hydrogens (tertiary/aromatic N) is 2. The Labute approximate surface area is 212 Å². The molecule has 10 heteroatoms. The standard InChI is InChI=1S/C26H26N4O5S/c1-5-34-19-13-18(30-24(31)16-10-8-7-9-11-16)20(35-6-2)12-17(19)29-23-21-15(3)22(26(32)33-4)36-25(21)28-14-27-23/h7-14H,5-6H2,1-4H3,(H,30,31)(H,27,28,29). The van der Waals surface area contributed by atoms with Crippen molar-refractivity contribution in [2.45, 2.75) is 20.8 Å². The maximum atomic E-state index is 12.8. The molecule has 0 atom stereocenters. The summed E-state index contributed by atoms with van der Waals surface area (Å²) in [4.78, 5) is 34.9. The average Bonchev–Trinajstić information content (AvgIpc) is 3.24. The second-order valence-corrected chi connectivity index (χ2v) is 8.60. The molecule has 2 heterocycles. The van der Waals surface area contributed by atoms with Crippen LogP contribution < -0.4 is 20.1 Å². The molecular formula is C26H26N4O5S. The number of carbonyl (C=O) groups is 2. The fourth-order valence-electron chi connectivity index (χ4n) is 3.67. The maximum absolute atomic E-state index is 12.8. The Balaban J connectivity index is 1.75. The van der Waals surface area contributed by atoms with Crippen LogP contribution in [-0.2, 0) is 4.74 Å². The Bertz CT molecular complexity index is 1400. The van der Waals surface area contributed by atoms with E-state index in [0.717, 1.165) is 5.56 Å². The van der Waals surface area contributed by atoms with Crippen LogP contribution in [0.2, 0.25) is 0 Å². The number of carbonyl (C=O) groups excluding carboxylic acids is 2. The van der Waals surface area contributed by atoms with Gasteiger partial charge in [-0.1, -0.05) is 18.2 Å². The number of aromatic nitrogens is 2. The van der Waals surface area contributed by atoms with Crippen LogP contribution in [0, 0.1) is 6.92 Å². The summed E-state index contributed by atoms with van der Waals surface area (Å²) in [6.07, 6.45) is 1.43. The van der Waals surface area contributed by atoms with Gasteiger partial charge in [-0.3, -0.25) is 4.79 Å². The van der Waals surface area contributed by atoms with Crippen molar-refractivity contribution in [2.75, 3.05) is 31.0 Å². The number of amides is 1. The van der Waals surface area contributed by atoms with E-state index in [2.05, 4.69) is 20.6 Å². The monoisotopic (exact) mass is 506 g/mol. The number of aryl methyl sites for hydroxylation is 1. The summed E-state index contributed by atoms with van der Waals surface area (Å²) in [5.41, 5.74) is 2.31. The zero-order valence-corrected chi connectivity index (χ0v) is 21.2. The molecule has 4 rings (SSSR count). The zero-order chi connectivity index (χ0) is 25.7. The molecule has 2 N–H and O–H groups in total. The molecule has 0 fully saturated rings. The fourth-order valence-corrected chi connectivity index (χ4v) is 4.74. The summed E-state index contributed by atoms with van der Waals surface area (Å²) in [6.45, 7) is 6.36. The molecule has 0 radical (unpaired) electrons. The lowest BCUT2D eigenvalue weighted by Gasteiger charge is -2.18. The number of hydrogen-bond donors (Lipinski definition) is 2. The smallest absolute Gasteiger partial charge is 0.348 e. The molecule has 0 aliphatic rings. The Morgan fingerprint density at radius 3 is 2.31 bits per heavy atom. The van der Waals surface area contributed by atoms with E-state index in [1.165, 1.54) is 24.8 Å². The Kier molecular flexibility index (Phi) is 7.65. The van der Waals surface area contributed by atoms with Crippen LogP contribution in [0.4, 0.5) is 17.2 Å². The lowest BCUT2D eigenvalue weighted by atomic mass is 10.1. The summed E-state index contributed by atoms with van der Waals surface area (Å²) in [5.74, 6) is 0.788. The second kappa shape index (κ2) is 11.0. The molecule has 0 unspecified atom stereocenters. The van der Waals surface area contributed by atoms with Gasteiger partial charge in [-0.25, -0.2) is 14.8 Å². The molecule has 1 amide bonds. The van der Waals surface area contributed by atoms with E-state index < -0.39 is 5.97 Å².